The Bertz CT molecular complexity index is 614. The van der Waals surface area contributed by atoms with Crippen molar-refractivity contribution in [3.05, 3.63) is 71.8 Å². The molecule has 1 aliphatic rings. The minimum Gasteiger partial charge on any atom is -0.369 e. The minimum absolute atomic E-state index is 0.199. The van der Waals surface area contributed by atoms with E-state index in [2.05, 4.69) is 11.8 Å². The molecule has 0 aromatic heterocycles. The monoisotopic (exact) mass is 308 g/mol. The molecule has 0 saturated carbocycles. The first-order chi connectivity index (χ1) is 11.2. The third kappa shape index (κ3) is 2.66. The largest absolute Gasteiger partial charge is 0.369 e. The maximum Gasteiger partial charge on any atom is 0.232 e. The number of rotatable bonds is 5. The lowest BCUT2D eigenvalue weighted by atomic mass is 9.64. The van der Waals surface area contributed by atoms with Crippen molar-refractivity contribution in [1.29, 1.82) is 0 Å². The van der Waals surface area contributed by atoms with E-state index in [4.69, 9.17) is 5.73 Å². The fourth-order valence-electron chi connectivity index (χ4n) is 4.00. The molecule has 3 nitrogen and oxygen atoms in total. The number of carbonyl (C=O) groups is 1. The summed E-state index contributed by atoms with van der Waals surface area (Å²) < 4.78 is 0. The van der Waals surface area contributed by atoms with Crippen LogP contribution in [-0.2, 0) is 10.2 Å². The Balaban J connectivity index is 2.18. The molecule has 1 amide bonds. The van der Waals surface area contributed by atoms with Gasteiger partial charge in [-0.1, -0.05) is 67.6 Å². The van der Waals surface area contributed by atoms with E-state index in [0.29, 0.717) is 0 Å². The van der Waals surface area contributed by atoms with Crippen LogP contribution < -0.4 is 5.73 Å². The highest BCUT2D eigenvalue weighted by Crippen LogP contribution is 2.43. The highest BCUT2D eigenvalue weighted by molar-refractivity contribution is 5.91. The number of hydrogen-bond donors (Lipinski definition) is 1. The van der Waals surface area contributed by atoms with Crippen molar-refractivity contribution in [3.8, 4) is 0 Å². The van der Waals surface area contributed by atoms with E-state index in [0.717, 1.165) is 37.2 Å². The lowest BCUT2D eigenvalue weighted by Crippen LogP contribution is -2.49. The number of amides is 1. The summed E-state index contributed by atoms with van der Waals surface area (Å²) in [5, 5.41) is 0. The van der Waals surface area contributed by atoms with Crippen LogP contribution in [0.3, 0.4) is 0 Å². The van der Waals surface area contributed by atoms with Crippen LogP contribution in [0.1, 0.15) is 24.5 Å². The zero-order chi connectivity index (χ0) is 16.3. The average Bonchev–Trinajstić information content (AvgIpc) is 3.06. The number of likely N-dealkylation sites (tertiary alicyclic amines) is 1. The molecular weight excluding hydrogens is 284 g/mol. The lowest BCUT2D eigenvalue weighted by molar-refractivity contribution is -0.123. The summed E-state index contributed by atoms with van der Waals surface area (Å²) >= 11 is 0. The first-order valence-electron chi connectivity index (χ1n) is 8.33. The summed E-state index contributed by atoms with van der Waals surface area (Å²) in [6, 6.07) is 20.0. The van der Waals surface area contributed by atoms with E-state index < -0.39 is 5.41 Å². The van der Waals surface area contributed by atoms with Crippen LogP contribution in [0.15, 0.2) is 60.7 Å². The van der Waals surface area contributed by atoms with Crippen LogP contribution in [0.25, 0.3) is 0 Å². The van der Waals surface area contributed by atoms with Gasteiger partial charge in [0.2, 0.25) is 5.91 Å². The fourth-order valence-corrected chi connectivity index (χ4v) is 4.00. The molecule has 1 fully saturated rings. The summed E-state index contributed by atoms with van der Waals surface area (Å²) in [5.74, 6) is -0.0531. The molecule has 2 aromatic carbocycles. The Kier molecular flexibility index (Phi) is 4.49. The Morgan fingerprint density at radius 2 is 1.61 bits per heavy atom. The topological polar surface area (TPSA) is 46.3 Å². The normalized spacial score (nSPS) is 18.9. The quantitative estimate of drug-likeness (QED) is 0.923. The standard InChI is InChI=1S/C20H24N2O/c1-2-22-14-13-18(15-22)20(19(21)23,16-9-5-3-6-10-16)17-11-7-4-8-12-17/h3-12,18H,2,13-15H2,1H3,(H2,21,23). The van der Waals surface area contributed by atoms with E-state index >= 15 is 0 Å². The maximum atomic E-state index is 12.8. The Hall–Kier alpha value is -2.13. The van der Waals surface area contributed by atoms with Crippen molar-refractivity contribution < 1.29 is 4.79 Å². The number of primary amides is 1. The average molecular weight is 308 g/mol. The molecule has 0 bridgehead atoms. The number of carbonyl (C=O) groups excluding carboxylic acids is 1. The highest BCUT2D eigenvalue weighted by Gasteiger charge is 2.49. The number of benzene rings is 2. The molecule has 0 spiro atoms. The predicted octanol–water partition coefficient (Wildman–Crippen LogP) is 2.80. The van der Waals surface area contributed by atoms with Gasteiger partial charge in [-0.05, 0) is 36.6 Å². The molecule has 1 heterocycles. The van der Waals surface area contributed by atoms with Crippen molar-refractivity contribution in [2.24, 2.45) is 11.7 Å². The van der Waals surface area contributed by atoms with Gasteiger partial charge in [0.05, 0.1) is 0 Å². The van der Waals surface area contributed by atoms with Gasteiger partial charge in [0.15, 0.2) is 0 Å². The van der Waals surface area contributed by atoms with E-state index in [-0.39, 0.29) is 11.8 Å². The Morgan fingerprint density at radius 3 is 2.00 bits per heavy atom. The number of nitrogens with two attached hydrogens (primary N) is 1. The summed E-state index contributed by atoms with van der Waals surface area (Å²) in [5.41, 5.74) is 7.29. The van der Waals surface area contributed by atoms with Crippen LogP contribution in [0.2, 0.25) is 0 Å². The lowest BCUT2D eigenvalue weighted by Gasteiger charge is -2.37. The number of hydrogen-bond acceptors (Lipinski definition) is 2. The van der Waals surface area contributed by atoms with Crippen molar-refractivity contribution >= 4 is 5.91 Å². The molecule has 1 atom stereocenters. The third-order valence-corrected chi connectivity index (χ3v) is 5.18. The van der Waals surface area contributed by atoms with Gasteiger partial charge < -0.3 is 10.6 Å². The predicted molar refractivity (Wildman–Crippen MR) is 93.1 cm³/mol. The molecule has 0 aliphatic carbocycles. The molecule has 0 radical (unpaired) electrons. The maximum absolute atomic E-state index is 12.8. The second kappa shape index (κ2) is 6.55. The van der Waals surface area contributed by atoms with Crippen molar-refractivity contribution in [2.45, 2.75) is 18.8 Å². The summed E-state index contributed by atoms with van der Waals surface area (Å²) in [6.45, 7) is 5.10. The van der Waals surface area contributed by atoms with Gasteiger partial charge in [0.1, 0.15) is 5.41 Å². The molecule has 2 aromatic rings. The van der Waals surface area contributed by atoms with Crippen LogP contribution in [0, 0.1) is 5.92 Å². The second-order valence-electron chi connectivity index (χ2n) is 6.28. The Morgan fingerprint density at radius 1 is 1.09 bits per heavy atom. The van der Waals surface area contributed by atoms with Gasteiger partial charge in [-0.3, -0.25) is 4.79 Å². The number of nitrogens with zero attached hydrogens (tertiary/aromatic N) is 1. The molecule has 1 saturated heterocycles. The molecule has 120 valence electrons. The molecule has 3 heteroatoms. The van der Waals surface area contributed by atoms with Crippen LogP contribution >= 0.6 is 0 Å². The fraction of sp³-hybridized carbons (Fsp3) is 0.350. The zero-order valence-electron chi connectivity index (χ0n) is 13.6. The summed E-state index contributed by atoms with van der Waals surface area (Å²) in [7, 11) is 0. The summed E-state index contributed by atoms with van der Waals surface area (Å²) in [6.07, 6.45) is 0.987. The zero-order valence-corrected chi connectivity index (χ0v) is 13.6. The smallest absolute Gasteiger partial charge is 0.232 e. The molecular formula is C20H24N2O. The van der Waals surface area contributed by atoms with E-state index in [1.165, 1.54) is 0 Å². The van der Waals surface area contributed by atoms with Crippen molar-refractivity contribution in [3.63, 3.8) is 0 Å². The molecule has 23 heavy (non-hydrogen) atoms. The Labute approximate surface area is 138 Å². The van der Waals surface area contributed by atoms with E-state index in [9.17, 15) is 4.79 Å². The van der Waals surface area contributed by atoms with Gasteiger partial charge in [-0.2, -0.15) is 0 Å². The molecule has 1 aliphatic heterocycles. The van der Waals surface area contributed by atoms with Crippen LogP contribution in [0.4, 0.5) is 0 Å². The molecule has 3 rings (SSSR count). The minimum atomic E-state index is -0.757. The molecule has 1 unspecified atom stereocenters. The molecule has 2 N–H and O–H groups in total. The van der Waals surface area contributed by atoms with E-state index in [1.54, 1.807) is 0 Å². The van der Waals surface area contributed by atoms with Gasteiger partial charge in [0.25, 0.3) is 0 Å². The van der Waals surface area contributed by atoms with Gasteiger partial charge >= 0.3 is 0 Å². The van der Waals surface area contributed by atoms with E-state index in [1.807, 2.05) is 60.7 Å². The van der Waals surface area contributed by atoms with Gasteiger partial charge in [-0.15, -0.1) is 0 Å². The third-order valence-electron chi connectivity index (χ3n) is 5.18. The summed E-state index contributed by atoms with van der Waals surface area (Å²) in [4.78, 5) is 15.2. The van der Waals surface area contributed by atoms with Crippen molar-refractivity contribution in [1.82, 2.24) is 4.90 Å². The van der Waals surface area contributed by atoms with Crippen LogP contribution in [0.5, 0.6) is 0 Å². The SMILES string of the molecule is CCN1CCC(C(C(N)=O)(c2ccccc2)c2ccccc2)C1. The second-order valence-corrected chi connectivity index (χ2v) is 6.28. The first-order valence-corrected chi connectivity index (χ1v) is 8.33. The highest BCUT2D eigenvalue weighted by atomic mass is 16.1. The van der Waals surface area contributed by atoms with Crippen molar-refractivity contribution in [2.75, 3.05) is 19.6 Å². The first kappa shape index (κ1) is 15.8. The van der Waals surface area contributed by atoms with Crippen LogP contribution in [-0.4, -0.2) is 30.4 Å². The van der Waals surface area contributed by atoms with Gasteiger partial charge in [0, 0.05) is 6.54 Å². The van der Waals surface area contributed by atoms with Gasteiger partial charge in [-0.25, -0.2) is 0 Å².